The van der Waals surface area contributed by atoms with Crippen LogP contribution in [0.3, 0.4) is 0 Å². The van der Waals surface area contributed by atoms with Crippen molar-refractivity contribution in [3.8, 4) is 0 Å². The summed E-state index contributed by atoms with van der Waals surface area (Å²) in [5.41, 5.74) is 0. The van der Waals surface area contributed by atoms with Crippen LogP contribution in [0.4, 0.5) is 0 Å². The molecule has 3 aliphatic rings. The van der Waals surface area contributed by atoms with Crippen LogP contribution in [0.25, 0.3) is 0 Å². The predicted molar refractivity (Wildman–Crippen MR) is 102 cm³/mol. The molecule has 2 saturated heterocycles. The van der Waals surface area contributed by atoms with Crippen LogP contribution >= 0.6 is 0 Å². The molecule has 3 fully saturated rings. The monoisotopic (exact) mass is 353 g/mol. The highest BCUT2D eigenvalue weighted by Crippen LogP contribution is 2.29. The minimum Gasteiger partial charge on any atom is -0.381 e. The summed E-state index contributed by atoms with van der Waals surface area (Å²) in [6.07, 6.45) is 5.97. The second kappa shape index (κ2) is 9.14. The fraction of sp³-hybridized carbons (Fsp3) is 1.00. The molecule has 0 aromatic rings. The number of likely N-dealkylation sites (tertiary alicyclic amines) is 1. The summed E-state index contributed by atoms with van der Waals surface area (Å²) < 4.78 is 11.6. The van der Waals surface area contributed by atoms with Crippen LogP contribution < -0.4 is 0 Å². The van der Waals surface area contributed by atoms with Crippen molar-refractivity contribution in [1.82, 2.24) is 14.7 Å². The molecule has 3 rings (SSSR count). The maximum atomic E-state index is 6.23. The van der Waals surface area contributed by atoms with Crippen LogP contribution in [-0.2, 0) is 9.47 Å². The molecule has 0 spiro atoms. The Morgan fingerprint density at radius 2 is 1.64 bits per heavy atom. The van der Waals surface area contributed by atoms with E-state index in [1.165, 1.54) is 58.7 Å². The number of methoxy groups -OCH3 is 1. The quantitative estimate of drug-likeness (QED) is 0.699. The third-order valence-corrected chi connectivity index (χ3v) is 6.53. The van der Waals surface area contributed by atoms with E-state index in [-0.39, 0.29) is 0 Å². The summed E-state index contributed by atoms with van der Waals surface area (Å²) >= 11 is 0. The van der Waals surface area contributed by atoms with Crippen molar-refractivity contribution in [1.29, 1.82) is 0 Å². The van der Waals surface area contributed by atoms with Gasteiger partial charge in [0.15, 0.2) is 0 Å². The van der Waals surface area contributed by atoms with Gasteiger partial charge in [-0.2, -0.15) is 0 Å². The van der Waals surface area contributed by atoms with E-state index in [1.54, 1.807) is 0 Å². The molecule has 0 radical (unpaired) electrons. The van der Waals surface area contributed by atoms with Gasteiger partial charge in [-0.05, 0) is 46.5 Å². The second-order valence-electron chi connectivity index (χ2n) is 8.60. The van der Waals surface area contributed by atoms with Crippen LogP contribution in [0.2, 0.25) is 0 Å². The summed E-state index contributed by atoms with van der Waals surface area (Å²) in [4.78, 5) is 7.93. The normalized spacial score (nSPS) is 33.7. The Bertz CT molecular complexity index is 392. The highest BCUT2D eigenvalue weighted by atomic mass is 16.5. The van der Waals surface area contributed by atoms with Crippen molar-refractivity contribution < 1.29 is 9.47 Å². The van der Waals surface area contributed by atoms with Gasteiger partial charge in [-0.1, -0.05) is 0 Å². The molecule has 0 bridgehead atoms. The first kappa shape index (κ1) is 19.6. The number of nitrogens with zero attached hydrogens (tertiary/aromatic N) is 3. The Kier molecular flexibility index (Phi) is 7.15. The van der Waals surface area contributed by atoms with Crippen LogP contribution in [0.5, 0.6) is 0 Å². The van der Waals surface area contributed by atoms with Crippen molar-refractivity contribution >= 4 is 0 Å². The summed E-state index contributed by atoms with van der Waals surface area (Å²) in [5.74, 6) is 0. The zero-order valence-corrected chi connectivity index (χ0v) is 16.8. The number of piperidine rings is 1. The van der Waals surface area contributed by atoms with E-state index in [0.717, 1.165) is 12.8 Å². The lowest BCUT2D eigenvalue weighted by molar-refractivity contribution is -0.126. The van der Waals surface area contributed by atoms with Gasteiger partial charge in [0.1, 0.15) is 0 Å². The molecule has 1 aliphatic carbocycles. The zero-order chi connectivity index (χ0) is 17.8. The van der Waals surface area contributed by atoms with Gasteiger partial charge in [0.2, 0.25) is 0 Å². The van der Waals surface area contributed by atoms with Crippen molar-refractivity contribution in [2.45, 2.75) is 76.9 Å². The first-order valence-corrected chi connectivity index (χ1v) is 10.4. The van der Waals surface area contributed by atoms with Gasteiger partial charge in [0.25, 0.3) is 0 Å². The van der Waals surface area contributed by atoms with Crippen molar-refractivity contribution in [2.24, 2.45) is 0 Å². The second-order valence-corrected chi connectivity index (χ2v) is 8.60. The first-order chi connectivity index (χ1) is 12.0. The van der Waals surface area contributed by atoms with Gasteiger partial charge in [0.05, 0.1) is 18.3 Å². The van der Waals surface area contributed by atoms with E-state index in [9.17, 15) is 0 Å². The summed E-state index contributed by atoms with van der Waals surface area (Å²) in [6, 6.07) is 1.36. The lowest BCUT2D eigenvalue weighted by Crippen LogP contribution is -2.55. The summed E-state index contributed by atoms with van der Waals surface area (Å²) in [5, 5.41) is 0. The van der Waals surface area contributed by atoms with E-state index in [4.69, 9.17) is 9.47 Å². The van der Waals surface area contributed by atoms with Crippen LogP contribution in [0, 0.1) is 0 Å². The van der Waals surface area contributed by atoms with Crippen LogP contribution in [-0.4, -0.2) is 98.0 Å². The lowest BCUT2D eigenvalue weighted by atomic mass is 9.91. The molecule has 146 valence electrons. The molecule has 1 atom stereocenters. The highest BCUT2D eigenvalue weighted by molar-refractivity contribution is 4.84. The van der Waals surface area contributed by atoms with Crippen LogP contribution in [0.15, 0.2) is 0 Å². The van der Waals surface area contributed by atoms with Gasteiger partial charge in [-0.25, -0.2) is 0 Å². The predicted octanol–water partition coefficient (Wildman–Crippen LogP) is 2.06. The van der Waals surface area contributed by atoms with E-state index in [1.807, 2.05) is 7.11 Å². The molecule has 0 N–H and O–H groups in total. The average Bonchev–Trinajstić information content (AvgIpc) is 2.57. The Balaban J connectivity index is 1.29. The topological polar surface area (TPSA) is 28.2 Å². The van der Waals surface area contributed by atoms with E-state index < -0.39 is 0 Å². The fourth-order valence-electron chi connectivity index (χ4n) is 4.46. The Morgan fingerprint density at radius 1 is 0.920 bits per heavy atom. The number of hydrogen-bond acceptors (Lipinski definition) is 5. The minimum absolute atomic E-state index is 0.447. The van der Waals surface area contributed by atoms with Crippen molar-refractivity contribution in [3.63, 3.8) is 0 Å². The fourth-order valence-corrected chi connectivity index (χ4v) is 4.46. The maximum Gasteiger partial charge on any atom is 0.0628 e. The molecular formula is C20H39N3O2. The Morgan fingerprint density at radius 3 is 2.24 bits per heavy atom. The van der Waals surface area contributed by atoms with Gasteiger partial charge < -0.3 is 14.4 Å². The molecule has 1 saturated carbocycles. The first-order valence-electron chi connectivity index (χ1n) is 10.4. The molecule has 5 heteroatoms. The smallest absolute Gasteiger partial charge is 0.0628 e. The number of piperazine rings is 1. The standard InChI is InChI=1S/C20H39N3O2/c1-16(2)23-12-11-22(17(3)15-23)10-9-21-7-5-18(6-8-21)25-20-13-19(14-20)24-4/h16-20H,5-15H2,1-4H3/t17-,19?,20?/m1/s1. The third-order valence-electron chi connectivity index (χ3n) is 6.53. The van der Waals surface area contributed by atoms with Crippen LogP contribution in [0.1, 0.15) is 46.5 Å². The van der Waals surface area contributed by atoms with Crippen molar-refractivity contribution in [2.75, 3.05) is 52.9 Å². The third kappa shape index (κ3) is 5.39. The molecule has 0 aromatic heterocycles. The Labute approximate surface area is 154 Å². The summed E-state index contributed by atoms with van der Waals surface area (Å²) in [6.45, 7) is 15.5. The molecule has 0 amide bonds. The SMILES string of the molecule is COC1CC(OC2CCN(CCN3CCN(C(C)C)C[C@H]3C)CC2)C1. The lowest BCUT2D eigenvalue weighted by Gasteiger charge is -2.43. The van der Waals surface area contributed by atoms with Gasteiger partial charge >= 0.3 is 0 Å². The Hall–Kier alpha value is -0.200. The number of rotatable bonds is 7. The zero-order valence-electron chi connectivity index (χ0n) is 16.8. The number of hydrogen-bond donors (Lipinski definition) is 0. The summed E-state index contributed by atoms with van der Waals surface area (Å²) in [7, 11) is 1.81. The molecule has 0 unspecified atom stereocenters. The highest BCUT2D eigenvalue weighted by Gasteiger charge is 2.33. The molecule has 25 heavy (non-hydrogen) atoms. The van der Waals surface area contributed by atoms with E-state index in [2.05, 4.69) is 35.5 Å². The van der Waals surface area contributed by atoms with Gasteiger partial charge in [-0.15, -0.1) is 0 Å². The molecule has 5 nitrogen and oxygen atoms in total. The van der Waals surface area contributed by atoms with E-state index in [0.29, 0.717) is 30.4 Å². The average molecular weight is 354 g/mol. The van der Waals surface area contributed by atoms with Gasteiger partial charge in [0, 0.05) is 65.0 Å². The molecule has 2 heterocycles. The molecule has 2 aliphatic heterocycles. The largest absolute Gasteiger partial charge is 0.381 e. The molecule has 0 aromatic carbocycles. The maximum absolute atomic E-state index is 6.23. The minimum atomic E-state index is 0.447. The van der Waals surface area contributed by atoms with E-state index >= 15 is 0 Å². The number of ether oxygens (including phenoxy) is 2. The molecular weight excluding hydrogens is 314 g/mol. The van der Waals surface area contributed by atoms with Gasteiger partial charge in [-0.3, -0.25) is 9.80 Å². The van der Waals surface area contributed by atoms with Crippen molar-refractivity contribution in [3.05, 3.63) is 0 Å².